The Hall–Kier alpha value is -1.89. The number of hydrazone groups is 1. The van der Waals surface area contributed by atoms with Crippen LogP contribution in [0.4, 0.5) is 4.39 Å². The summed E-state index contributed by atoms with van der Waals surface area (Å²) in [4.78, 5) is 0. The number of nitrogens with zero attached hydrogens (tertiary/aromatic N) is 1. The Labute approximate surface area is 161 Å². The van der Waals surface area contributed by atoms with Crippen LogP contribution >= 0.6 is 35.4 Å². The lowest BCUT2D eigenvalue weighted by atomic mass is 10.2. The number of thiocarbonyl (C=S) groups is 1. The summed E-state index contributed by atoms with van der Waals surface area (Å²) < 4.78 is 18.6. The van der Waals surface area contributed by atoms with Crippen molar-refractivity contribution in [2.24, 2.45) is 5.10 Å². The number of hydrogen-bond acceptors (Lipinski definition) is 3. The van der Waals surface area contributed by atoms with Gasteiger partial charge in [-0.1, -0.05) is 35.3 Å². The van der Waals surface area contributed by atoms with E-state index in [4.69, 9.17) is 40.2 Å². The second-order valence-electron chi connectivity index (χ2n) is 4.96. The highest BCUT2D eigenvalue weighted by Gasteiger charge is 2.09. The van der Waals surface area contributed by atoms with Gasteiger partial charge in [0, 0.05) is 6.54 Å². The van der Waals surface area contributed by atoms with Gasteiger partial charge in [0.25, 0.3) is 0 Å². The molecule has 132 valence electrons. The minimum absolute atomic E-state index is 0.228. The average molecular weight is 400 g/mol. The van der Waals surface area contributed by atoms with E-state index in [2.05, 4.69) is 15.8 Å². The monoisotopic (exact) mass is 399 g/mol. The molecule has 0 aromatic heterocycles. The summed E-state index contributed by atoms with van der Waals surface area (Å²) in [6.07, 6.45) is 1.55. The first-order valence-electron chi connectivity index (χ1n) is 7.42. The van der Waals surface area contributed by atoms with Gasteiger partial charge in [0.2, 0.25) is 0 Å². The van der Waals surface area contributed by atoms with Gasteiger partial charge in [-0.05, 0) is 54.5 Å². The van der Waals surface area contributed by atoms with Crippen LogP contribution in [-0.2, 0) is 6.61 Å². The summed E-state index contributed by atoms with van der Waals surface area (Å²) in [6.45, 7) is 2.87. The zero-order valence-electron chi connectivity index (χ0n) is 13.4. The van der Waals surface area contributed by atoms with E-state index in [-0.39, 0.29) is 12.4 Å². The highest BCUT2D eigenvalue weighted by Crippen LogP contribution is 2.34. The summed E-state index contributed by atoms with van der Waals surface area (Å²) in [6, 6.07) is 9.36. The maximum atomic E-state index is 12.9. The summed E-state index contributed by atoms with van der Waals surface area (Å²) in [7, 11) is 0. The van der Waals surface area contributed by atoms with Crippen molar-refractivity contribution in [3.8, 4) is 5.75 Å². The van der Waals surface area contributed by atoms with E-state index in [1.165, 1.54) is 12.1 Å². The molecular formula is C17H16Cl2FN3OS. The van der Waals surface area contributed by atoms with Crippen LogP contribution in [0.15, 0.2) is 41.5 Å². The van der Waals surface area contributed by atoms with Crippen molar-refractivity contribution >= 4 is 46.7 Å². The second-order valence-corrected chi connectivity index (χ2v) is 6.18. The molecule has 0 amide bonds. The second kappa shape index (κ2) is 9.56. The third-order valence-corrected chi connectivity index (χ3v) is 3.83. The molecule has 0 atom stereocenters. The van der Waals surface area contributed by atoms with Crippen molar-refractivity contribution in [1.29, 1.82) is 0 Å². The molecule has 0 saturated heterocycles. The average Bonchev–Trinajstić information content (AvgIpc) is 2.56. The van der Waals surface area contributed by atoms with Gasteiger partial charge in [-0.3, -0.25) is 5.43 Å². The molecule has 0 aliphatic carbocycles. The van der Waals surface area contributed by atoms with Crippen LogP contribution in [0, 0.1) is 5.82 Å². The zero-order valence-corrected chi connectivity index (χ0v) is 15.7. The molecule has 0 fully saturated rings. The van der Waals surface area contributed by atoms with Crippen LogP contribution in [0.25, 0.3) is 0 Å². The van der Waals surface area contributed by atoms with Gasteiger partial charge >= 0.3 is 0 Å². The molecule has 0 heterocycles. The summed E-state index contributed by atoms with van der Waals surface area (Å²) in [5, 5.41) is 8.04. The van der Waals surface area contributed by atoms with E-state index >= 15 is 0 Å². The Kier molecular flexibility index (Phi) is 7.43. The lowest BCUT2D eigenvalue weighted by Gasteiger charge is -2.11. The SMILES string of the molecule is CCNC(=S)N/N=C\c1cc(Cl)c(OCc2ccc(F)cc2)c(Cl)c1. The van der Waals surface area contributed by atoms with Gasteiger partial charge in [-0.15, -0.1) is 0 Å². The quantitative estimate of drug-likeness (QED) is 0.425. The van der Waals surface area contributed by atoms with Crippen LogP contribution in [-0.4, -0.2) is 17.9 Å². The van der Waals surface area contributed by atoms with Crippen LogP contribution in [0.2, 0.25) is 10.0 Å². The Morgan fingerprint density at radius 2 is 1.88 bits per heavy atom. The number of rotatable bonds is 6. The van der Waals surface area contributed by atoms with Crippen LogP contribution < -0.4 is 15.5 Å². The van der Waals surface area contributed by atoms with Gasteiger partial charge in [0.05, 0.1) is 16.3 Å². The first-order valence-corrected chi connectivity index (χ1v) is 8.59. The van der Waals surface area contributed by atoms with Crippen LogP contribution in [0.1, 0.15) is 18.1 Å². The van der Waals surface area contributed by atoms with Crippen molar-refractivity contribution in [3.63, 3.8) is 0 Å². The number of benzene rings is 2. The van der Waals surface area contributed by atoms with Crippen molar-refractivity contribution < 1.29 is 9.13 Å². The van der Waals surface area contributed by atoms with E-state index < -0.39 is 0 Å². The summed E-state index contributed by atoms with van der Waals surface area (Å²) in [5.41, 5.74) is 4.18. The maximum absolute atomic E-state index is 12.9. The molecule has 25 heavy (non-hydrogen) atoms. The van der Waals surface area contributed by atoms with Crippen molar-refractivity contribution in [1.82, 2.24) is 10.7 Å². The smallest absolute Gasteiger partial charge is 0.186 e. The Bertz CT molecular complexity index is 746. The zero-order chi connectivity index (χ0) is 18.2. The number of ether oxygens (including phenoxy) is 1. The number of halogens is 3. The molecule has 8 heteroatoms. The van der Waals surface area contributed by atoms with Gasteiger partial charge < -0.3 is 10.1 Å². The minimum Gasteiger partial charge on any atom is -0.486 e. The molecule has 4 nitrogen and oxygen atoms in total. The van der Waals surface area contributed by atoms with Gasteiger partial charge in [0.15, 0.2) is 10.9 Å². The number of nitrogens with one attached hydrogen (secondary N) is 2. The molecule has 2 N–H and O–H groups in total. The molecule has 0 saturated carbocycles. The Morgan fingerprint density at radius 3 is 2.48 bits per heavy atom. The van der Waals surface area contributed by atoms with Gasteiger partial charge in [0.1, 0.15) is 12.4 Å². The van der Waals surface area contributed by atoms with Crippen LogP contribution in [0.3, 0.4) is 0 Å². The van der Waals surface area contributed by atoms with E-state index in [9.17, 15) is 4.39 Å². The van der Waals surface area contributed by atoms with Gasteiger partial charge in [-0.25, -0.2) is 4.39 Å². The topological polar surface area (TPSA) is 45.7 Å². The molecule has 2 aromatic carbocycles. The van der Waals surface area contributed by atoms with E-state index in [0.29, 0.717) is 33.0 Å². The minimum atomic E-state index is -0.300. The van der Waals surface area contributed by atoms with Gasteiger partial charge in [-0.2, -0.15) is 5.10 Å². The normalized spacial score (nSPS) is 10.7. The highest BCUT2D eigenvalue weighted by molar-refractivity contribution is 7.80. The fraction of sp³-hybridized carbons (Fsp3) is 0.176. The van der Waals surface area contributed by atoms with Crippen molar-refractivity contribution in [2.75, 3.05) is 6.54 Å². The first kappa shape index (κ1) is 19.4. The lowest BCUT2D eigenvalue weighted by molar-refractivity contribution is 0.306. The van der Waals surface area contributed by atoms with Crippen molar-refractivity contribution in [3.05, 3.63) is 63.4 Å². The number of hydrogen-bond donors (Lipinski definition) is 2. The molecule has 2 aromatic rings. The molecular weight excluding hydrogens is 384 g/mol. The predicted octanol–water partition coefficient (Wildman–Crippen LogP) is 4.53. The van der Waals surface area contributed by atoms with E-state index in [0.717, 1.165) is 5.56 Å². The summed E-state index contributed by atoms with van der Waals surface area (Å²) >= 11 is 17.5. The molecule has 0 aliphatic rings. The molecule has 0 spiro atoms. The molecule has 2 rings (SSSR count). The molecule has 0 unspecified atom stereocenters. The van der Waals surface area contributed by atoms with Crippen LogP contribution in [0.5, 0.6) is 5.75 Å². The predicted molar refractivity (Wildman–Crippen MR) is 104 cm³/mol. The molecule has 0 bridgehead atoms. The fourth-order valence-corrected chi connectivity index (χ4v) is 2.70. The highest BCUT2D eigenvalue weighted by atomic mass is 35.5. The van der Waals surface area contributed by atoms with E-state index in [1.54, 1.807) is 30.5 Å². The Morgan fingerprint density at radius 1 is 1.24 bits per heavy atom. The summed E-state index contributed by atoms with van der Waals surface area (Å²) in [5.74, 6) is 0.0617. The first-order chi connectivity index (χ1) is 12.0. The van der Waals surface area contributed by atoms with Crippen molar-refractivity contribution in [2.45, 2.75) is 13.5 Å². The lowest BCUT2D eigenvalue weighted by Crippen LogP contribution is -2.31. The standard InChI is InChI=1S/C17H16Cl2FN3OS/c1-2-21-17(25)23-22-9-12-7-14(18)16(15(19)8-12)24-10-11-3-5-13(20)6-4-11/h3-9H,2,10H2,1H3,(H2,21,23,25)/b22-9-. The molecule has 0 radical (unpaired) electrons. The Balaban J connectivity index is 2.02. The largest absolute Gasteiger partial charge is 0.486 e. The third-order valence-electron chi connectivity index (χ3n) is 3.03. The fourth-order valence-electron chi connectivity index (χ4n) is 1.89. The maximum Gasteiger partial charge on any atom is 0.186 e. The third kappa shape index (κ3) is 6.16. The molecule has 0 aliphatic heterocycles. The van der Waals surface area contributed by atoms with E-state index in [1.807, 2.05) is 6.92 Å².